The Kier molecular flexibility index (Phi) is 6.99. The normalized spacial score (nSPS) is 12.8. The Labute approximate surface area is 129 Å². The number of halogens is 1. The van der Waals surface area contributed by atoms with E-state index in [4.69, 9.17) is 4.74 Å². The number of hydrogen-bond donors (Lipinski definition) is 1. The summed E-state index contributed by atoms with van der Waals surface area (Å²) in [5.41, 5.74) is 1.12. The maximum atomic E-state index is 5.30. The van der Waals surface area contributed by atoms with Crippen LogP contribution in [0.2, 0.25) is 0 Å². The molecule has 0 amide bonds. The van der Waals surface area contributed by atoms with E-state index in [1.807, 2.05) is 6.92 Å². The summed E-state index contributed by atoms with van der Waals surface area (Å²) < 4.78 is 6.44. The van der Waals surface area contributed by atoms with Crippen molar-refractivity contribution < 1.29 is 4.74 Å². The van der Waals surface area contributed by atoms with Gasteiger partial charge in [-0.2, -0.15) is 0 Å². The summed E-state index contributed by atoms with van der Waals surface area (Å²) in [5.74, 6) is 2.21. The van der Waals surface area contributed by atoms with Crippen molar-refractivity contribution in [1.82, 2.24) is 9.97 Å². The van der Waals surface area contributed by atoms with Gasteiger partial charge in [-0.3, -0.25) is 0 Å². The zero-order valence-electron chi connectivity index (χ0n) is 12.5. The highest BCUT2D eigenvalue weighted by molar-refractivity contribution is 14.1. The van der Waals surface area contributed by atoms with Crippen LogP contribution in [-0.4, -0.2) is 29.7 Å². The largest absolute Gasteiger partial charge is 0.381 e. The van der Waals surface area contributed by atoms with Gasteiger partial charge in [0.15, 0.2) is 0 Å². The van der Waals surface area contributed by atoms with Crippen LogP contribution < -0.4 is 5.32 Å². The molecule has 0 bridgehead atoms. The van der Waals surface area contributed by atoms with Crippen LogP contribution in [0.4, 0.5) is 5.82 Å². The topological polar surface area (TPSA) is 47.0 Å². The minimum Gasteiger partial charge on any atom is -0.381 e. The fraction of sp³-hybridized carbons (Fsp3) is 0.714. The lowest BCUT2D eigenvalue weighted by Gasteiger charge is -2.16. The molecule has 108 valence electrons. The number of ether oxygens (including phenoxy) is 1. The summed E-state index contributed by atoms with van der Waals surface area (Å²) in [5, 5.41) is 3.39. The van der Waals surface area contributed by atoms with Crippen molar-refractivity contribution in [3.63, 3.8) is 0 Å². The Bertz CT molecular complexity index is 410. The van der Waals surface area contributed by atoms with Crippen LogP contribution in [0.15, 0.2) is 0 Å². The SMILES string of the molecule is CCCNc1nc(CC(C)OC)nc(C(C)C)c1I. The number of hydrogen-bond acceptors (Lipinski definition) is 4. The number of nitrogens with one attached hydrogen (secondary N) is 1. The van der Waals surface area contributed by atoms with Crippen LogP contribution in [0, 0.1) is 3.57 Å². The molecule has 0 aromatic carbocycles. The lowest BCUT2D eigenvalue weighted by Crippen LogP contribution is -2.16. The van der Waals surface area contributed by atoms with Gasteiger partial charge < -0.3 is 10.1 Å². The van der Waals surface area contributed by atoms with E-state index >= 15 is 0 Å². The minimum atomic E-state index is 0.138. The summed E-state index contributed by atoms with van der Waals surface area (Å²) in [6, 6.07) is 0. The number of methoxy groups -OCH3 is 1. The number of rotatable bonds is 7. The quantitative estimate of drug-likeness (QED) is 0.738. The van der Waals surface area contributed by atoms with Crippen molar-refractivity contribution in [2.75, 3.05) is 19.0 Å². The summed E-state index contributed by atoms with van der Waals surface area (Å²) in [6.07, 6.45) is 1.97. The van der Waals surface area contributed by atoms with Crippen LogP contribution in [0.3, 0.4) is 0 Å². The van der Waals surface area contributed by atoms with E-state index in [1.165, 1.54) is 0 Å². The molecule has 1 aromatic heterocycles. The molecule has 0 aliphatic heterocycles. The van der Waals surface area contributed by atoms with E-state index in [-0.39, 0.29) is 6.10 Å². The molecule has 1 rings (SSSR count). The van der Waals surface area contributed by atoms with Crippen molar-refractivity contribution in [2.45, 2.75) is 52.6 Å². The molecule has 0 saturated heterocycles. The molecule has 1 unspecified atom stereocenters. The maximum Gasteiger partial charge on any atom is 0.143 e. The Hall–Kier alpha value is -0.430. The van der Waals surface area contributed by atoms with Gasteiger partial charge in [0, 0.05) is 20.1 Å². The van der Waals surface area contributed by atoms with Gasteiger partial charge in [0.1, 0.15) is 11.6 Å². The van der Waals surface area contributed by atoms with Crippen LogP contribution >= 0.6 is 22.6 Å². The summed E-state index contributed by atoms with van der Waals surface area (Å²) in [6.45, 7) is 9.45. The molecular weight excluding hydrogens is 353 g/mol. The van der Waals surface area contributed by atoms with Crippen molar-refractivity contribution >= 4 is 28.4 Å². The molecule has 0 fully saturated rings. The molecule has 0 saturated carbocycles. The van der Waals surface area contributed by atoms with Crippen molar-refractivity contribution in [3.05, 3.63) is 15.1 Å². The third kappa shape index (κ3) is 4.87. The van der Waals surface area contributed by atoms with Crippen LogP contribution in [0.1, 0.15) is 51.6 Å². The standard InChI is InChI=1S/C14H24IN3O/c1-6-7-16-14-12(15)13(9(2)3)17-11(18-14)8-10(4)19-5/h9-10H,6-8H2,1-5H3,(H,16,17,18). The van der Waals surface area contributed by atoms with E-state index in [0.29, 0.717) is 5.92 Å². The Morgan fingerprint density at radius 3 is 2.47 bits per heavy atom. The van der Waals surface area contributed by atoms with Gasteiger partial charge in [-0.05, 0) is 41.9 Å². The van der Waals surface area contributed by atoms with Gasteiger partial charge >= 0.3 is 0 Å². The molecule has 0 spiro atoms. The van der Waals surface area contributed by atoms with Crippen LogP contribution in [0.5, 0.6) is 0 Å². The summed E-state index contributed by atoms with van der Waals surface area (Å²) >= 11 is 2.34. The molecule has 1 atom stereocenters. The second-order valence-corrected chi connectivity index (χ2v) is 6.10. The predicted octanol–water partition coefficient (Wildman–Crippen LogP) is 3.60. The van der Waals surface area contributed by atoms with Gasteiger partial charge in [0.25, 0.3) is 0 Å². The molecule has 1 heterocycles. The Morgan fingerprint density at radius 2 is 1.95 bits per heavy atom. The molecule has 1 N–H and O–H groups in total. The van der Waals surface area contributed by atoms with Crippen LogP contribution in [0.25, 0.3) is 0 Å². The molecule has 0 aliphatic carbocycles. The maximum absolute atomic E-state index is 5.30. The molecule has 1 aromatic rings. The third-order valence-electron chi connectivity index (χ3n) is 2.88. The molecule has 4 nitrogen and oxygen atoms in total. The highest BCUT2D eigenvalue weighted by atomic mass is 127. The lowest BCUT2D eigenvalue weighted by atomic mass is 10.1. The molecule has 0 radical (unpaired) electrons. The second-order valence-electron chi connectivity index (χ2n) is 5.02. The number of aromatic nitrogens is 2. The van der Waals surface area contributed by atoms with Crippen LogP contribution in [-0.2, 0) is 11.2 Å². The van der Waals surface area contributed by atoms with E-state index in [0.717, 1.165) is 40.3 Å². The van der Waals surface area contributed by atoms with Gasteiger partial charge in [0.2, 0.25) is 0 Å². The average molecular weight is 377 g/mol. The number of anilines is 1. The summed E-state index contributed by atoms with van der Waals surface area (Å²) in [7, 11) is 1.72. The van der Waals surface area contributed by atoms with E-state index in [9.17, 15) is 0 Å². The fourth-order valence-electron chi connectivity index (χ4n) is 1.69. The van der Waals surface area contributed by atoms with Gasteiger partial charge in [-0.1, -0.05) is 20.8 Å². The highest BCUT2D eigenvalue weighted by Gasteiger charge is 2.15. The monoisotopic (exact) mass is 377 g/mol. The zero-order valence-corrected chi connectivity index (χ0v) is 14.6. The molecule has 0 aliphatic rings. The summed E-state index contributed by atoms with van der Waals surface area (Å²) in [4.78, 5) is 9.32. The Morgan fingerprint density at radius 1 is 1.26 bits per heavy atom. The van der Waals surface area contributed by atoms with Crippen molar-refractivity contribution in [2.24, 2.45) is 0 Å². The smallest absolute Gasteiger partial charge is 0.143 e. The molecule has 19 heavy (non-hydrogen) atoms. The zero-order chi connectivity index (χ0) is 14.4. The number of nitrogens with zero attached hydrogens (tertiary/aromatic N) is 2. The molecule has 5 heteroatoms. The third-order valence-corrected chi connectivity index (χ3v) is 3.95. The lowest BCUT2D eigenvalue weighted by molar-refractivity contribution is 0.117. The first-order valence-corrected chi connectivity index (χ1v) is 7.90. The average Bonchev–Trinajstić information content (AvgIpc) is 2.38. The first-order chi connectivity index (χ1) is 8.99. The van der Waals surface area contributed by atoms with Gasteiger partial charge in [0.05, 0.1) is 15.4 Å². The van der Waals surface area contributed by atoms with Gasteiger partial charge in [-0.25, -0.2) is 9.97 Å². The van der Waals surface area contributed by atoms with E-state index < -0.39 is 0 Å². The predicted molar refractivity (Wildman–Crippen MR) is 87.8 cm³/mol. The molecular formula is C14H24IN3O. The second kappa shape index (κ2) is 7.99. The first kappa shape index (κ1) is 16.6. The van der Waals surface area contributed by atoms with Crippen molar-refractivity contribution in [3.8, 4) is 0 Å². The Balaban J connectivity index is 3.07. The minimum absolute atomic E-state index is 0.138. The van der Waals surface area contributed by atoms with E-state index in [2.05, 4.69) is 58.6 Å². The van der Waals surface area contributed by atoms with Crippen molar-refractivity contribution in [1.29, 1.82) is 0 Å². The van der Waals surface area contributed by atoms with E-state index in [1.54, 1.807) is 7.11 Å². The van der Waals surface area contributed by atoms with Gasteiger partial charge in [-0.15, -0.1) is 0 Å². The first-order valence-electron chi connectivity index (χ1n) is 6.82. The fourth-order valence-corrected chi connectivity index (χ4v) is 2.74. The highest BCUT2D eigenvalue weighted by Crippen LogP contribution is 2.25.